The highest BCUT2D eigenvalue weighted by atomic mass is 35.5. The molecule has 0 aromatic carbocycles. The van der Waals surface area contributed by atoms with E-state index in [1.54, 1.807) is 26.1 Å². The molecule has 30 heavy (non-hydrogen) atoms. The van der Waals surface area contributed by atoms with Crippen molar-refractivity contribution in [3.8, 4) is 17.3 Å². The molecule has 0 N–H and O–H groups in total. The van der Waals surface area contributed by atoms with Gasteiger partial charge in [-0.2, -0.15) is 18.3 Å². The fourth-order valence-electron chi connectivity index (χ4n) is 2.93. The second-order valence-electron chi connectivity index (χ2n) is 6.15. The molecule has 0 aliphatic heterocycles. The summed E-state index contributed by atoms with van der Waals surface area (Å²) in [6.45, 7) is 1.75. The van der Waals surface area contributed by atoms with E-state index in [1.807, 2.05) is 0 Å². The number of hydrogen-bond donors (Lipinski definition) is 0. The molecule has 4 aromatic heterocycles. The number of nitrogens with zero attached hydrogens (tertiary/aromatic N) is 7. The van der Waals surface area contributed by atoms with Gasteiger partial charge in [-0.05, 0) is 18.2 Å². The lowest BCUT2D eigenvalue weighted by Gasteiger charge is -2.10. The fourth-order valence-corrected chi connectivity index (χ4v) is 4.13. The van der Waals surface area contributed by atoms with E-state index in [-0.39, 0.29) is 27.7 Å². The molecule has 0 bridgehead atoms. The Hall–Kier alpha value is -2.86. The number of fused-ring (bicyclic) bond motifs is 1. The summed E-state index contributed by atoms with van der Waals surface area (Å²) in [6.07, 6.45) is -1.90. The monoisotopic (exact) mass is 455 g/mol. The van der Waals surface area contributed by atoms with Crippen molar-refractivity contribution < 1.29 is 17.4 Å². The molecular formula is C17H13ClF3N7OS. The molecule has 0 radical (unpaired) electrons. The molecule has 8 nitrogen and oxygen atoms in total. The molecule has 4 heterocycles. The molecule has 4 aromatic rings. The summed E-state index contributed by atoms with van der Waals surface area (Å²) in [6, 6.07) is 4.07. The largest absolute Gasteiger partial charge is 0.433 e. The average molecular weight is 456 g/mol. The predicted octanol–water partition coefficient (Wildman–Crippen LogP) is 3.41. The van der Waals surface area contributed by atoms with E-state index in [1.165, 1.54) is 21.9 Å². The highest BCUT2D eigenvalue weighted by molar-refractivity contribution is 7.85. The van der Waals surface area contributed by atoms with Gasteiger partial charge in [0.1, 0.15) is 29.6 Å². The van der Waals surface area contributed by atoms with Crippen molar-refractivity contribution in [2.75, 3.05) is 5.75 Å². The number of imidazole rings is 1. The van der Waals surface area contributed by atoms with Crippen LogP contribution in [0.25, 0.3) is 28.4 Å². The molecule has 0 aliphatic rings. The van der Waals surface area contributed by atoms with Gasteiger partial charge in [0.25, 0.3) is 0 Å². The molecule has 0 saturated heterocycles. The number of alkyl halides is 3. The summed E-state index contributed by atoms with van der Waals surface area (Å²) in [5, 5.41) is 3.68. The van der Waals surface area contributed by atoms with Gasteiger partial charge in [0.2, 0.25) is 0 Å². The zero-order valence-electron chi connectivity index (χ0n) is 15.6. The lowest BCUT2D eigenvalue weighted by Crippen LogP contribution is -2.08. The normalized spacial score (nSPS) is 13.1. The fraction of sp³-hybridized carbons (Fsp3) is 0.235. The smallest absolute Gasteiger partial charge is 0.323 e. The van der Waals surface area contributed by atoms with Crippen LogP contribution < -0.4 is 0 Å². The Morgan fingerprint density at radius 3 is 2.60 bits per heavy atom. The van der Waals surface area contributed by atoms with Gasteiger partial charge in [-0.25, -0.2) is 24.6 Å². The van der Waals surface area contributed by atoms with Gasteiger partial charge in [0.15, 0.2) is 16.8 Å². The van der Waals surface area contributed by atoms with E-state index < -0.39 is 22.7 Å². The number of rotatable bonds is 4. The van der Waals surface area contributed by atoms with Crippen molar-refractivity contribution in [1.82, 2.24) is 34.3 Å². The van der Waals surface area contributed by atoms with Gasteiger partial charge >= 0.3 is 6.18 Å². The summed E-state index contributed by atoms with van der Waals surface area (Å²) in [5.41, 5.74) is -0.695. The number of aryl methyl sites for hydroxylation is 1. The third-order valence-electron chi connectivity index (χ3n) is 4.32. The van der Waals surface area contributed by atoms with Crippen molar-refractivity contribution >= 4 is 33.4 Å². The summed E-state index contributed by atoms with van der Waals surface area (Å²) in [5.74, 6) is 0.903. The molecule has 0 spiro atoms. The van der Waals surface area contributed by atoms with Gasteiger partial charge < -0.3 is 4.57 Å². The van der Waals surface area contributed by atoms with Gasteiger partial charge in [0.05, 0.1) is 21.2 Å². The minimum atomic E-state index is -4.67. The quantitative estimate of drug-likeness (QED) is 0.438. The van der Waals surface area contributed by atoms with E-state index in [0.717, 1.165) is 6.07 Å². The van der Waals surface area contributed by atoms with Crippen LogP contribution in [0.4, 0.5) is 13.2 Å². The minimum Gasteiger partial charge on any atom is -0.323 e. The second-order valence-corrected chi connectivity index (χ2v) is 8.21. The van der Waals surface area contributed by atoms with Crippen molar-refractivity contribution in [2.24, 2.45) is 7.05 Å². The van der Waals surface area contributed by atoms with Crippen LogP contribution >= 0.6 is 11.6 Å². The Labute approximate surface area is 175 Å². The third-order valence-corrected chi connectivity index (χ3v) is 5.92. The zero-order chi connectivity index (χ0) is 21.6. The van der Waals surface area contributed by atoms with Crippen molar-refractivity contribution in [1.29, 1.82) is 0 Å². The first-order valence-corrected chi connectivity index (χ1v) is 10.2. The van der Waals surface area contributed by atoms with Gasteiger partial charge in [-0.15, -0.1) is 0 Å². The maximum atomic E-state index is 13.1. The van der Waals surface area contributed by atoms with E-state index in [2.05, 4.69) is 25.0 Å². The Kier molecular flexibility index (Phi) is 5.06. The van der Waals surface area contributed by atoms with Crippen LogP contribution in [0.1, 0.15) is 12.6 Å². The first-order valence-electron chi connectivity index (χ1n) is 8.55. The maximum Gasteiger partial charge on any atom is 0.433 e. The molecule has 1 atom stereocenters. The van der Waals surface area contributed by atoms with Crippen LogP contribution in [0.2, 0.25) is 5.15 Å². The van der Waals surface area contributed by atoms with Crippen LogP contribution in [-0.2, 0) is 24.0 Å². The minimum absolute atomic E-state index is 0.000940. The summed E-state index contributed by atoms with van der Waals surface area (Å²) in [7, 11) is 0.176. The van der Waals surface area contributed by atoms with Gasteiger partial charge in [-0.3, -0.25) is 4.21 Å². The number of halogens is 4. The van der Waals surface area contributed by atoms with Gasteiger partial charge in [0, 0.05) is 12.8 Å². The summed E-state index contributed by atoms with van der Waals surface area (Å²) in [4.78, 5) is 16.5. The Balaban J connectivity index is 1.99. The SMILES string of the molecule is CCS(=O)c1ccc(-n2cncn2)nc1-c1nc2cc(C(F)(F)F)nc(Cl)c2n1C. The molecule has 1 unspecified atom stereocenters. The van der Waals surface area contributed by atoms with Crippen molar-refractivity contribution in [2.45, 2.75) is 18.0 Å². The second kappa shape index (κ2) is 7.43. The molecular weight excluding hydrogens is 443 g/mol. The van der Waals surface area contributed by atoms with Crippen LogP contribution in [-0.4, -0.2) is 44.2 Å². The maximum absolute atomic E-state index is 13.1. The Morgan fingerprint density at radius 1 is 1.20 bits per heavy atom. The lowest BCUT2D eigenvalue weighted by molar-refractivity contribution is -0.141. The van der Waals surface area contributed by atoms with Crippen LogP contribution in [0.15, 0.2) is 35.7 Å². The average Bonchev–Trinajstić information content (AvgIpc) is 3.35. The topological polar surface area (TPSA) is 91.4 Å². The molecule has 0 fully saturated rings. The molecule has 156 valence electrons. The molecule has 4 rings (SSSR count). The van der Waals surface area contributed by atoms with Crippen LogP contribution in [0, 0.1) is 0 Å². The first kappa shape index (κ1) is 20.4. The van der Waals surface area contributed by atoms with Crippen LogP contribution in [0.3, 0.4) is 0 Å². The Bertz CT molecular complexity index is 1270. The molecule has 0 amide bonds. The molecule has 0 aliphatic carbocycles. The lowest BCUT2D eigenvalue weighted by atomic mass is 10.3. The van der Waals surface area contributed by atoms with E-state index >= 15 is 0 Å². The van der Waals surface area contributed by atoms with Crippen molar-refractivity contribution in [3.63, 3.8) is 0 Å². The van der Waals surface area contributed by atoms with Crippen LogP contribution in [0.5, 0.6) is 0 Å². The van der Waals surface area contributed by atoms with E-state index in [9.17, 15) is 17.4 Å². The molecule has 0 saturated carbocycles. The summed E-state index contributed by atoms with van der Waals surface area (Å²) >= 11 is 6.04. The number of hydrogen-bond acceptors (Lipinski definition) is 6. The number of pyridine rings is 2. The third kappa shape index (κ3) is 3.45. The Morgan fingerprint density at radius 2 is 1.97 bits per heavy atom. The zero-order valence-corrected chi connectivity index (χ0v) is 17.1. The highest BCUT2D eigenvalue weighted by Crippen LogP contribution is 2.35. The number of aromatic nitrogens is 7. The summed E-state index contributed by atoms with van der Waals surface area (Å²) < 4.78 is 54.9. The van der Waals surface area contributed by atoms with Gasteiger partial charge in [-0.1, -0.05) is 18.5 Å². The first-order chi connectivity index (χ1) is 14.2. The standard InChI is InChI=1S/C17H13ClF3N7OS/c1-3-30(29)10-4-5-12(28-8-22-7-23-28)26-13(10)16-24-9-6-11(17(19,20)21)25-15(18)14(9)27(16)2/h4-8H,3H2,1-2H3. The predicted molar refractivity (Wildman–Crippen MR) is 104 cm³/mol. The molecule has 13 heteroatoms. The van der Waals surface area contributed by atoms with E-state index in [0.29, 0.717) is 16.5 Å². The van der Waals surface area contributed by atoms with Crippen molar-refractivity contribution in [3.05, 3.63) is 41.7 Å². The highest BCUT2D eigenvalue weighted by Gasteiger charge is 2.34. The van der Waals surface area contributed by atoms with E-state index in [4.69, 9.17) is 11.6 Å².